The van der Waals surface area contributed by atoms with E-state index in [0.717, 1.165) is 23.2 Å². The number of benzene rings is 1. The maximum Gasteiger partial charge on any atom is 0.253 e. The van der Waals surface area contributed by atoms with Crippen molar-refractivity contribution in [3.05, 3.63) is 60.0 Å². The molecule has 0 unspecified atom stereocenters. The minimum atomic E-state index is 0.106. The molecule has 1 N–H and O–H groups in total. The summed E-state index contributed by atoms with van der Waals surface area (Å²) in [4.78, 5) is 13.2. The number of nitrogens with one attached hydrogen (secondary N) is 1. The fourth-order valence-electron chi connectivity index (χ4n) is 4.42. The van der Waals surface area contributed by atoms with Gasteiger partial charge in [-0.1, -0.05) is 6.92 Å². The lowest BCUT2D eigenvalue weighted by atomic mass is 9.80. The van der Waals surface area contributed by atoms with E-state index in [9.17, 15) is 0 Å². The van der Waals surface area contributed by atoms with Crippen molar-refractivity contribution in [1.29, 1.82) is 0 Å². The van der Waals surface area contributed by atoms with Crippen molar-refractivity contribution < 1.29 is 0 Å². The third kappa shape index (κ3) is 3.05. The van der Waals surface area contributed by atoms with Crippen molar-refractivity contribution in [2.45, 2.75) is 45.6 Å². The normalized spacial score (nSPS) is 17.7. The van der Waals surface area contributed by atoms with E-state index in [1.165, 1.54) is 16.8 Å². The zero-order valence-electron chi connectivity index (χ0n) is 17.1. The summed E-state index contributed by atoms with van der Waals surface area (Å²) in [5.74, 6) is 1.70. The third-order valence-corrected chi connectivity index (χ3v) is 5.65. The average molecular weight is 384 g/mol. The van der Waals surface area contributed by atoms with Crippen LogP contribution in [0.3, 0.4) is 0 Å². The van der Waals surface area contributed by atoms with E-state index in [1.54, 1.807) is 18.6 Å². The summed E-state index contributed by atoms with van der Waals surface area (Å²) >= 11 is 0. The second-order valence-electron chi connectivity index (χ2n) is 8.59. The van der Waals surface area contributed by atoms with Gasteiger partial charge in [-0.15, -0.1) is 5.10 Å². The topological polar surface area (TPSA) is 68.0 Å². The Morgan fingerprint density at radius 3 is 2.83 bits per heavy atom. The molecule has 0 fully saturated rings. The Morgan fingerprint density at radius 1 is 1.17 bits per heavy atom. The standard InChI is InChI=1S/C23H24N6/c1-14-10-19-17(15(2)12-23(3,4)27-19)11-18(14)20-7-9-25-22-26-21(28-29(20)22)16-6-5-8-24-13-16/h5-11,13,15,27H,12H2,1-4H3/t15-/m0/s1. The van der Waals surface area contributed by atoms with Crippen LogP contribution in [0.1, 0.15) is 44.2 Å². The first kappa shape index (κ1) is 17.8. The van der Waals surface area contributed by atoms with Gasteiger partial charge in [-0.05, 0) is 74.6 Å². The molecule has 6 nitrogen and oxygen atoms in total. The van der Waals surface area contributed by atoms with Crippen LogP contribution in [-0.4, -0.2) is 30.1 Å². The molecule has 0 amide bonds. The number of aryl methyl sites for hydroxylation is 1. The van der Waals surface area contributed by atoms with Crippen LogP contribution < -0.4 is 5.32 Å². The van der Waals surface area contributed by atoms with Gasteiger partial charge >= 0.3 is 0 Å². The Morgan fingerprint density at radius 2 is 2.03 bits per heavy atom. The number of rotatable bonds is 2. The highest BCUT2D eigenvalue weighted by Gasteiger charge is 2.30. The summed E-state index contributed by atoms with van der Waals surface area (Å²) in [5, 5.41) is 8.44. The zero-order chi connectivity index (χ0) is 20.2. The lowest BCUT2D eigenvalue weighted by Crippen LogP contribution is -2.36. The second kappa shape index (κ2) is 6.37. The number of aromatic nitrogens is 5. The Bertz CT molecular complexity index is 1210. The molecule has 0 aliphatic carbocycles. The summed E-state index contributed by atoms with van der Waals surface area (Å²) < 4.78 is 1.84. The highest BCUT2D eigenvalue weighted by molar-refractivity contribution is 5.73. The first-order valence-electron chi connectivity index (χ1n) is 9.96. The molecule has 146 valence electrons. The van der Waals surface area contributed by atoms with Gasteiger partial charge in [0.25, 0.3) is 5.78 Å². The monoisotopic (exact) mass is 384 g/mol. The third-order valence-electron chi connectivity index (χ3n) is 5.65. The van der Waals surface area contributed by atoms with Crippen molar-refractivity contribution in [2.75, 3.05) is 5.32 Å². The number of hydrogen-bond acceptors (Lipinski definition) is 5. The molecule has 5 rings (SSSR count). The van der Waals surface area contributed by atoms with Gasteiger partial charge in [0, 0.05) is 40.9 Å². The van der Waals surface area contributed by atoms with Gasteiger partial charge in [0.05, 0.1) is 5.69 Å². The molecule has 29 heavy (non-hydrogen) atoms. The fourth-order valence-corrected chi connectivity index (χ4v) is 4.42. The molecular formula is C23H24N6. The van der Waals surface area contributed by atoms with E-state index in [0.29, 0.717) is 17.5 Å². The summed E-state index contributed by atoms with van der Waals surface area (Å²) in [6, 6.07) is 10.4. The highest BCUT2D eigenvalue weighted by Crippen LogP contribution is 2.41. The zero-order valence-corrected chi connectivity index (χ0v) is 17.1. The maximum atomic E-state index is 4.74. The number of pyridine rings is 1. The van der Waals surface area contributed by atoms with Crippen molar-refractivity contribution in [2.24, 2.45) is 0 Å². The van der Waals surface area contributed by atoms with Crippen LogP contribution in [0.2, 0.25) is 0 Å². The van der Waals surface area contributed by atoms with Crippen molar-refractivity contribution in [3.63, 3.8) is 0 Å². The van der Waals surface area contributed by atoms with Gasteiger partial charge in [-0.25, -0.2) is 4.98 Å². The molecule has 4 aromatic rings. The summed E-state index contributed by atoms with van der Waals surface area (Å²) in [5.41, 5.74) is 6.92. The van der Waals surface area contributed by atoms with Crippen LogP contribution in [0.15, 0.2) is 48.9 Å². The minimum Gasteiger partial charge on any atom is -0.380 e. The first-order chi connectivity index (χ1) is 13.9. The van der Waals surface area contributed by atoms with E-state index in [1.807, 2.05) is 22.7 Å². The Kier molecular flexibility index (Phi) is 3.91. The molecule has 4 heterocycles. The number of anilines is 1. The molecule has 0 saturated heterocycles. The van der Waals surface area contributed by atoms with E-state index in [-0.39, 0.29) is 5.54 Å². The van der Waals surface area contributed by atoms with Crippen LogP contribution in [-0.2, 0) is 0 Å². The summed E-state index contributed by atoms with van der Waals surface area (Å²) in [6.07, 6.45) is 6.42. The highest BCUT2D eigenvalue weighted by atomic mass is 15.3. The van der Waals surface area contributed by atoms with Crippen molar-refractivity contribution in [3.8, 4) is 22.6 Å². The SMILES string of the molecule is Cc1cc2c(cc1-c1ccnc3nc(-c4cccnc4)nn13)[C@@H](C)CC(C)(C)N2. The molecule has 1 aliphatic heterocycles. The van der Waals surface area contributed by atoms with E-state index >= 15 is 0 Å². The van der Waals surface area contributed by atoms with E-state index in [2.05, 4.69) is 60.1 Å². The predicted octanol–water partition coefficient (Wildman–Crippen LogP) is 4.86. The Balaban J connectivity index is 1.67. The van der Waals surface area contributed by atoms with Crippen molar-refractivity contribution in [1.82, 2.24) is 24.6 Å². The average Bonchev–Trinajstić information content (AvgIpc) is 3.12. The maximum absolute atomic E-state index is 4.74. The number of nitrogens with zero attached hydrogens (tertiary/aromatic N) is 5. The molecule has 0 bridgehead atoms. The fraction of sp³-hybridized carbons (Fsp3) is 0.304. The largest absolute Gasteiger partial charge is 0.380 e. The molecule has 0 saturated carbocycles. The summed E-state index contributed by atoms with van der Waals surface area (Å²) in [7, 11) is 0. The lowest BCUT2D eigenvalue weighted by Gasteiger charge is -2.38. The van der Waals surface area contributed by atoms with Gasteiger partial charge in [0.15, 0.2) is 5.82 Å². The molecule has 1 atom stereocenters. The van der Waals surface area contributed by atoms with Crippen LogP contribution in [0.4, 0.5) is 5.69 Å². The molecule has 1 aliphatic rings. The molecule has 3 aromatic heterocycles. The van der Waals surface area contributed by atoms with Crippen LogP contribution >= 0.6 is 0 Å². The summed E-state index contributed by atoms with van der Waals surface area (Å²) in [6.45, 7) is 8.97. The molecular weight excluding hydrogens is 360 g/mol. The minimum absolute atomic E-state index is 0.106. The Labute approximate surface area is 170 Å². The molecule has 1 aromatic carbocycles. The smallest absolute Gasteiger partial charge is 0.253 e. The van der Waals surface area contributed by atoms with E-state index in [4.69, 9.17) is 5.10 Å². The van der Waals surface area contributed by atoms with Gasteiger partial charge in [-0.2, -0.15) is 9.50 Å². The van der Waals surface area contributed by atoms with Crippen LogP contribution in [0.5, 0.6) is 0 Å². The number of fused-ring (bicyclic) bond motifs is 2. The molecule has 0 spiro atoms. The van der Waals surface area contributed by atoms with Crippen LogP contribution in [0, 0.1) is 6.92 Å². The van der Waals surface area contributed by atoms with Crippen molar-refractivity contribution >= 4 is 11.5 Å². The number of hydrogen-bond donors (Lipinski definition) is 1. The van der Waals surface area contributed by atoms with Gasteiger partial charge in [0.2, 0.25) is 0 Å². The predicted molar refractivity (Wildman–Crippen MR) is 115 cm³/mol. The van der Waals surface area contributed by atoms with E-state index < -0.39 is 0 Å². The van der Waals surface area contributed by atoms with Gasteiger partial charge < -0.3 is 5.32 Å². The van der Waals surface area contributed by atoms with Crippen LogP contribution in [0.25, 0.3) is 28.4 Å². The second-order valence-corrected chi connectivity index (χ2v) is 8.59. The molecule has 6 heteroatoms. The van der Waals surface area contributed by atoms with Gasteiger partial charge in [0.1, 0.15) is 0 Å². The molecule has 0 radical (unpaired) electrons. The Hall–Kier alpha value is -3.28. The first-order valence-corrected chi connectivity index (χ1v) is 9.96. The lowest BCUT2D eigenvalue weighted by molar-refractivity contribution is 0.454. The quantitative estimate of drug-likeness (QED) is 0.534. The van der Waals surface area contributed by atoms with Gasteiger partial charge in [-0.3, -0.25) is 4.98 Å².